The number of hydrogen-bond donors (Lipinski definition) is 0. The molecule has 0 atom stereocenters. The monoisotopic (exact) mass is 796 g/mol. The molecule has 3 heteroatoms. The molecule has 4 aliphatic carbocycles. The van der Waals surface area contributed by atoms with Crippen molar-refractivity contribution in [2.45, 2.75) is 25.7 Å². The molecule has 0 spiro atoms. The van der Waals surface area contributed by atoms with E-state index in [9.17, 15) is 0 Å². The van der Waals surface area contributed by atoms with Gasteiger partial charge in [0, 0.05) is 32.9 Å². The molecule has 15 rings (SSSR count). The maximum atomic E-state index is 2.62. The van der Waals surface area contributed by atoms with Crippen LogP contribution in [0.3, 0.4) is 0 Å². The van der Waals surface area contributed by atoms with Crippen molar-refractivity contribution in [3.8, 4) is 11.4 Å². The van der Waals surface area contributed by atoms with E-state index in [1.54, 1.807) is 0 Å². The maximum absolute atomic E-state index is 2.78. The van der Waals surface area contributed by atoms with E-state index in [1.807, 2.05) is 0 Å². The van der Waals surface area contributed by atoms with Crippen molar-refractivity contribution >= 4 is 72.4 Å². The summed E-state index contributed by atoms with van der Waals surface area (Å²) in [6.07, 6.45) is 3.93. The zero-order valence-electron chi connectivity index (χ0n) is 34.0. The molecule has 4 aliphatic rings. The lowest BCUT2D eigenvalue weighted by molar-refractivity contribution is 0.929. The molecule has 2 heterocycles. The van der Waals surface area contributed by atoms with Crippen LogP contribution < -0.4 is 20.7 Å². The van der Waals surface area contributed by atoms with Gasteiger partial charge in [-0.25, -0.2) is 0 Å². The van der Waals surface area contributed by atoms with Crippen molar-refractivity contribution in [3.63, 3.8) is 0 Å². The molecule has 290 valence electrons. The summed E-state index contributed by atoms with van der Waals surface area (Å²) in [5, 5.41) is 10.8. The number of fused-ring (bicyclic) bond motifs is 4. The fourth-order valence-corrected chi connectivity index (χ4v) is 15.5. The lowest BCUT2D eigenvalue weighted by Crippen LogP contribution is -2.74. The molecule has 61 heavy (non-hydrogen) atoms. The van der Waals surface area contributed by atoms with Crippen molar-refractivity contribution in [1.29, 1.82) is 0 Å². The first-order valence-electron chi connectivity index (χ1n) is 21.7. The summed E-state index contributed by atoms with van der Waals surface area (Å²) in [6, 6.07) is 82.7. The third kappa shape index (κ3) is 5.69. The van der Waals surface area contributed by atoms with Gasteiger partial charge in [0.05, 0.1) is 22.1 Å². The van der Waals surface area contributed by atoms with Crippen LogP contribution in [0.25, 0.3) is 55.0 Å². The summed E-state index contributed by atoms with van der Waals surface area (Å²) in [7, 11) is -2.78. The van der Waals surface area contributed by atoms with Crippen molar-refractivity contribution in [3.05, 3.63) is 241 Å². The Morgan fingerprint density at radius 2 is 0.787 bits per heavy atom. The Labute approximate surface area is 357 Å². The van der Waals surface area contributed by atoms with Gasteiger partial charge in [-0.1, -0.05) is 176 Å². The molecule has 0 saturated heterocycles. The lowest BCUT2D eigenvalue weighted by atomic mass is 9.93. The first kappa shape index (κ1) is 35.7. The standard InChI is InChI=1S/C58H44N2Si/c1-4-16-47(17-5-1)61(48-18-6-2-7-19-48,49-20-8-3-9-21-49)50-22-14-15-45(39-50)60-56-38-37-46(59-54-25-12-10-23-51(54)52-24-11-13-26-55(52)59)40-53(56)57-43-33-31-41-27-29-42(30-28-41)32-34-44(36-35-43)58(57)60/h1-30,35-40H,31-34H2. The number of nitrogens with zero attached hydrogens (tertiary/aromatic N) is 2. The predicted octanol–water partition coefficient (Wildman–Crippen LogP) is 11.1. The Bertz CT molecular complexity index is 3250. The Morgan fingerprint density at radius 3 is 1.38 bits per heavy atom. The second-order valence-electron chi connectivity index (χ2n) is 16.7. The van der Waals surface area contributed by atoms with Gasteiger partial charge in [0.15, 0.2) is 8.07 Å². The molecule has 4 bridgehead atoms. The Kier molecular flexibility index (Phi) is 8.50. The number of para-hydroxylation sites is 2. The average molecular weight is 797 g/mol. The molecule has 0 amide bonds. The number of benzene rings is 9. The molecule has 2 nitrogen and oxygen atoms in total. The van der Waals surface area contributed by atoms with Gasteiger partial charge < -0.3 is 9.13 Å². The summed E-state index contributed by atoms with van der Waals surface area (Å²) in [5.74, 6) is 0. The van der Waals surface area contributed by atoms with Crippen LogP contribution in [0.2, 0.25) is 0 Å². The molecule has 9 aromatic carbocycles. The topological polar surface area (TPSA) is 9.86 Å². The molecule has 2 aromatic heterocycles. The van der Waals surface area contributed by atoms with Crippen LogP contribution >= 0.6 is 0 Å². The van der Waals surface area contributed by atoms with Crippen LogP contribution in [0.4, 0.5) is 0 Å². The quantitative estimate of drug-likeness (QED) is 0.117. The summed E-state index contributed by atoms with van der Waals surface area (Å²) >= 11 is 0. The SMILES string of the molecule is c1ccc([Si](c2ccccc2)(c2ccccc2)c2cccc(-n3c4ccc(-n5c6ccccc6c6ccccc65)cc4c4c5ccc(c43)CCc3ccc(cc3)CC5)c2)cc1. The summed E-state index contributed by atoms with van der Waals surface area (Å²) < 4.78 is 5.09. The lowest BCUT2D eigenvalue weighted by Gasteiger charge is -2.34. The molecule has 0 radical (unpaired) electrons. The van der Waals surface area contributed by atoms with Crippen LogP contribution in [0.5, 0.6) is 0 Å². The molecular weight excluding hydrogens is 753 g/mol. The molecular formula is C58H44N2Si. The van der Waals surface area contributed by atoms with E-state index in [1.165, 1.54) is 98.0 Å². The smallest absolute Gasteiger partial charge is 0.179 e. The highest BCUT2D eigenvalue weighted by atomic mass is 28.3. The highest BCUT2D eigenvalue weighted by Gasteiger charge is 2.41. The van der Waals surface area contributed by atoms with Gasteiger partial charge in [-0.15, -0.1) is 0 Å². The Hall–Kier alpha value is -7.20. The molecule has 0 N–H and O–H groups in total. The van der Waals surface area contributed by atoms with E-state index in [0.29, 0.717) is 0 Å². The highest BCUT2D eigenvalue weighted by Crippen LogP contribution is 2.40. The zero-order valence-corrected chi connectivity index (χ0v) is 35.0. The fourth-order valence-electron chi connectivity index (χ4n) is 10.7. The number of rotatable bonds is 6. The molecule has 0 unspecified atom stereocenters. The first-order chi connectivity index (χ1) is 30.3. The van der Waals surface area contributed by atoms with Gasteiger partial charge in [0.1, 0.15) is 0 Å². The summed E-state index contributed by atoms with van der Waals surface area (Å²) in [6.45, 7) is 0. The molecule has 0 aliphatic heterocycles. The van der Waals surface area contributed by atoms with Gasteiger partial charge in [0.25, 0.3) is 0 Å². The van der Waals surface area contributed by atoms with Crippen LogP contribution in [-0.4, -0.2) is 17.2 Å². The van der Waals surface area contributed by atoms with Gasteiger partial charge >= 0.3 is 0 Å². The van der Waals surface area contributed by atoms with Gasteiger partial charge in [0.2, 0.25) is 0 Å². The van der Waals surface area contributed by atoms with E-state index >= 15 is 0 Å². The number of aromatic nitrogens is 2. The van der Waals surface area contributed by atoms with Crippen molar-refractivity contribution in [2.24, 2.45) is 0 Å². The van der Waals surface area contributed by atoms with Crippen molar-refractivity contribution in [1.82, 2.24) is 9.13 Å². The van der Waals surface area contributed by atoms with E-state index < -0.39 is 8.07 Å². The largest absolute Gasteiger partial charge is 0.309 e. The van der Waals surface area contributed by atoms with Crippen LogP contribution in [-0.2, 0) is 25.7 Å². The maximum Gasteiger partial charge on any atom is 0.179 e. The first-order valence-corrected chi connectivity index (χ1v) is 23.7. The summed E-state index contributed by atoms with van der Waals surface area (Å²) in [5.41, 5.74) is 13.0. The van der Waals surface area contributed by atoms with E-state index in [0.717, 1.165) is 25.7 Å². The second-order valence-corrected chi connectivity index (χ2v) is 20.5. The highest BCUT2D eigenvalue weighted by molar-refractivity contribution is 7.19. The number of hydrogen-bond acceptors (Lipinski definition) is 0. The van der Waals surface area contributed by atoms with E-state index in [2.05, 4.69) is 228 Å². The fraction of sp³-hybridized carbons (Fsp3) is 0.0690. The van der Waals surface area contributed by atoms with Crippen molar-refractivity contribution < 1.29 is 0 Å². The minimum absolute atomic E-state index is 0.961. The second kappa shape index (κ2) is 14.5. The van der Waals surface area contributed by atoms with Gasteiger partial charge in [-0.2, -0.15) is 0 Å². The predicted molar refractivity (Wildman–Crippen MR) is 260 cm³/mol. The van der Waals surface area contributed by atoms with Gasteiger partial charge in [-0.3, -0.25) is 0 Å². The van der Waals surface area contributed by atoms with Crippen LogP contribution in [0, 0.1) is 0 Å². The van der Waals surface area contributed by atoms with Crippen LogP contribution in [0.15, 0.2) is 218 Å². The van der Waals surface area contributed by atoms with E-state index in [4.69, 9.17) is 0 Å². The van der Waals surface area contributed by atoms with Gasteiger partial charge in [-0.05, 0) is 111 Å². The normalized spacial score (nSPS) is 13.0. The third-order valence-electron chi connectivity index (χ3n) is 13.4. The van der Waals surface area contributed by atoms with E-state index in [-0.39, 0.29) is 0 Å². The minimum Gasteiger partial charge on any atom is -0.309 e. The van der Waals surface area contributed by atoms with Crippen LogP contribution in [0.1, 0.15) is 22.3 Å². The summed E-state index contributed by atoms with van der Waals surface area (Å²) in [4.78, 5) is 0. The molecule has 0 fully saturated rings. The number of aryl methyl sites for hydroxylation is 4. The Balaban J connectivity index is 1.17. The third-order valence-corrected chi connectivity index (χ3v) is 18.2. The zero-order chi connectivity index (χ0) is 40.3. The Morgan fingerprint density at radius 1 is 0.311 bits per heavy atom. The van der Waals surface area contributed by atoms with Crippen molar-refractivity contribution in [2.75, 3.05) is 0 Å². The average Bonchev–Trinajstić information content (AvgIpc) is 3.85. The molecule has 0 saturated carbocycles. The molecule has 11 aromatic rings. The minimum atomic E-state index is -2.78.